The first kappa shape index (κ1) is 13.4. The van der Waals surface area contributed by atoms with Crippen molar-refractivity contribution in [2.75, 3.05) is 18.1 Å². The van der Waals surface area contributed by atoms with Crippen molar-refractivity contribution in [3.63, 3.8) is 0 Å². The molecule has 1 heterocycles. The minimum atomic E-state index is -0.244. The number of hydrogen-bond acceptors (Lipinski definition) is 4. The zero-order valence-electron chi connectivity index (χ0n) is 9.66. The molecule has 0 amide bonds. The summed E-state index contributed by atoms with van der Waals surface area (Å²) in [6, 6.07) is 0. The number of nitrogens with one attached hydrogen (secondary N) is 1. The van der Waals surface area contributed by atoms with Gasteiger partial charge >= 0.3 is 0 Å². The molecule has 0 radical (unpaired) electrons. The normalized spacial score (nSPS) is 12.5. The van der Waals surface area contributed by atoms with Gasteiger partial charge in [0.25, 0.3) is 5.56 Å². The molecule has 0 saturated heterocycles. The van der Waals surface area contributed by atoms with Crippen LogP contribution in [-0.4, -0.2) is 27.8 Å². The number of hydrogen-bond donors (Lipinski definition) is 1. The molecule has 16 heavy (non-hydrogen) atoms. The topological polar surface area (TPSA) is 46.9 Å². The first-order valence-corrected chi connectivity index (χ1v) is 6.79. The molecule has 1 unspecified atom stereocenters. The van der Waals surface area contributed by atoms with Gasteiger partial charge in [0.15, 0.2) is 0 Å². The Balaban J connectivity index is 2.83. The van der Waals surface area contributed by atoms with Crippen LogP contribution in [0.1, 0.15) is 13.8 Å². The Kier molecular flexibility index (Phi) is 5.15. The molecule has 0 bridgehead atoms. The second-order valence-corrected chi connectivity index (χ2v) is 5.07. The number of nitrogens with zero attached hydrogens (tertiary/aromatic N) is 2. The molecule has 1 atom stereocenters. The Morgan fingerprint density at radius 1 is 1.69 bits per heavy atom. The van der Waals surface area contributed by atoms with Crippen LogP contribution in [0.5, 0.6) is 0 Å². The average molecular weight is 262 g/mol. The van der Waals surface area contributed by atoms with Crippen molar-refractivity contribution in [2.24, 2.45) is 0 Å². The molecule has 0 aliphatic heterocycles. The number of halogens is 1. The molecule has 0 aliphatic carbocycles. The lowest BCUT2D eigenvalue weighted by Crippen LogP contribution is -2.24. The highest BCUT2D eigenvalue weighted by Gasteiger charge is 2.08. The van der Waals surface area contributed by atoms with Crippen molar-refractivity contribution in [3.8, 4) is 0 Å². The second-order valence-electron chi connectivity index (χ2n) is 3.42. The molecule has 1 N–H and O–H groups in total. The van der Waals surface area contributed by atoms with Gasteiger partial charge in [0.1, 0.15) is 5.02 Å². The highest BCUT2D eigenvalue weighted by molar-refractivity contribution is 7.99. The number of rotatable bonds is 5. The summed E-state index contributed by atoms with van der Waals surface area (Å²) in [5.41, 5.74) is 0.364. The van der Waals surface area contributed by atoms with Gasteiger partial charge in [-0.2, -0.15) is 16.9 Å². The van der Waals surface area contributed by atoms with Crippen molar-refractivity contribution in [1.29, 1.82) is 0 Å². The molecule has 0 fully saturated rings. The Morgan fingerprint density at radius 3 is 2.94 bits per heavy atom. The molecule has 1 aromatic heterocycles. The van der Waals surface area contributed by atoms with Gasteiger partial charge in [-0.1, -0.05) is 18.5 Å². The van der Waals surface area contributed by atoms with E-state index in [4.69, 9.17) is 11.6 Å². The highest BCUT2D eigenvalue weighted by atomic mass is 35.5. The maximum absolute atomic E-state index is 11.7. The molecular formula is C10H16ClN3OS. The van der Waals surface area contributed by atoms with Crippen molar-refractivity contribution in [3.05, 3.63) is 21.6 Å². The van der Waals surface area contributed by atoms with E-state index in [1.807, 2.05) is 13.2 Å². The third-order valence-electron chi connectivity index (χ3n) is 2.27. The minimum Gasteiger partial charge on any atom is -0.381 e. The number of aromatic nitrogens is 2. The maximum atomic E-state index is 11.7. The first-order chi connectivity index (χ1) is 7.60. The number of thioether (sulfide) groups is 1. The van der Waals surface area contributed by atoms with Crippen LogP contribution in [0.25, 0.3) is 0 Å². The Labute approximate surface area is 104 Å². The monoisotopic (exact) mass is 261 g/mol. The fourth-order valence-corrected chi connectivity index (χ4v) is 1.61. The van der Waals surface area contributed by atoms with Crippen LogP contribution in [0.3, 0.4) is 0 Å². The van der Waals surface area contributed by atoms with Crippen LogP contribution in [0, 0.1) is 0 Å². The van der Waals surface area contributed by atoms with E-state index in [1.165, 1.54) is 4.68 Å². The van der Waals surface area contributed by atoms with Gasteiger partial charge in [0.2, 0.25) is 0 Å². The maximum Gasteiger partial charge on any atom is 0.287 e. The van der Waals surface area contributed by atoms with E-state index in [9.17, 15) is 4.79 Å². The van der Waals surface area contributed by atoms with Crippen molar-refractivity contribution in [2.45, 2.75) is 25.6 Å². The molecular weight excluding hydrogens is 246 g/mol. The lowest BCUT2D eigenvalue weighted by atomic mass is 10.4. The van der Waals surface area contributed by atoms with Gasteiger partial charge in [0, 0.05) is 18.3 Å². The second kappa shape index (κ2) is 6.15. The minimum absolute atomic E-state index is 0.213. The Hall–Kier alpha value is -0.680. The summed E-state index contributed by atoms with van der Waals surface area (Å²) in [5, 5.41) is 7.81. The summed E-state index contributed by atoms with van der Waals surface area (Å²) in [4.78, 5) is 11.7. The predicted octanol–water partition coefficient (Wildman–Crippen LogP) is 2.08. The molecule has 0 saturated carbocycles. The van der Waals surface area contributed by atoms with Crippen LogP contribution in [0.2, 0.25) is 5.02 Å². The summed E-state index contributed by atoms with van der Waals surface area (Å²) in [5.74, 6) is 0. The smallest absolute Gasteiger partial charge is 0.287 e. The molecule has 1 aromatic rings. The van der Waals surface area contributed by atoms with Gasteiger partial charge in [-0.05, 0) is 13.2 Å². The molecule has 6 heteroatoms. The van der Waals surface area contributed by atoms with E-state index in [0.29, 0.717) is 17.5 Å². The first-order valence-electron chi connectivity index (χ1n) is 5.12. The third-order valence-corrected chi connectivity index (χ3v) is 3.60. The zero-order chi connectivity index (χ0) is 12.1. The van der Waals surface area contributed by atoms with Gasteiger partial charge in [-0.15, -0.1) is 0 Å². The quantitative estimate of drug-likeness (QED) is 0.882. The Bertz CT molecular complexity index is 408. The number of aryl methyl sites for hydroxylation is 1. The summed E-state index contributed by atoms with van der Waals surface area (Å²) in [6.07, 6.45) is 3.64. The highest BCUT2D eigenvalue weighted by Crippen LogP contribution is 2.16. The van der Waals surface area contributed by atoms with Gasteiger partial charge < -0.3 is 5.32 Å². The zero-order valence-corrected chi connectivity index (χ0v) is 11.2. The van der Waals surface area contributed by atoms with E-state index in [0.717, 1.165) is 6.54 Å². The van der Waals surface area contributed by atoms with Gasteiger partial charge in [0.05, 0.1) is 11.9 Å². The fourth-order valence-electron chi connectivity index (χ4n) is 1.15. The standard InChI is InChI=1S/C10H16ClN3OS/c1-4-14-10(15)9(11)8(6-13-14)12-5-7(2)16-3/h6-7,12H,4-5H2,1-3H3. The molecule has 1 rings (SSSR count). The number of anilines is 1. The molecule has 0 aliphatic rings. The van der Waals surface area contributed by atoms with Crippen LogP contribution in [0.4, 0.5) is 5.69 Å². The van der Waals surface area contributed by atoms with E-state index in [1.54, 1.807) is 18.0 Å². The summed E-state index contributed by atoms with van der Waals surface area (Å²) < 4.78 is 1.34. The molecule has 4 nitrogen and oxygen atoms in total. The lowest BCUT2D eigenvalue weighted by Gasteiger charge is -2.12. The van der Waals surface area contributed by atoms with Crippen molar-refractivity contribution >= 4 is 29.1 Å². The van der Waals surface area contributed by atoms with Crippen molar-refractivity contribution in [1.82, 2.24) is 9.78 Å². The van der Waals surface area contributed by atoms with Crippen molar-refractivity contribution < 1.29 is 0 Å². The SMILES string of the molecule is CCn1ncc(NCC(C)SC)c(Cl)c1=O. The van der Waals surface area contributed by atoms with E-state index >= 15 is 0 Å². The lowest BCUT2D eigenvalue weighted by molar-refractivity contribution is 0.616. The molecule has 90 valence electrons. The van der Waals surface area contributed by atoms with E-state index < -0.39 is 0 Å². The van der Waals surface area contributed by atoms with Crippen LogP contribution >= 0.6 is 23.4 Å². The Morgan fingerprint density at radius 2 is 2.38 bits per heavy atom. The van der Waals surface area contributed by atoms with Crippen LogP contribution in [0.15, 0.2) is 11.0 Å². The van der Waals surface area contributed by atoms with E-state index in [2.05, 4.69) is 17.3 Å². The third kappa shape index (κ3) is 3.15. The summed E-state index contributed by atoms with van der Waals surface area (Å²) >= 11 is 7.71. The fraction of sp³-hybridized carbons (Fsp3) is 0.600. The largest absolute Gasteiger partial charge is 0.381 e. The van der Waals surface area contributed by atoms with Crippen LogP contribution in [-0.2, 0) is 6.54 Å². The predicted molar refractivity (Wildman–Crippen MR) is 70.6 cm³/mol. The van der Waals surface area contributed by atoms with Gasteiger partial charge in [-0.3, -0.25) is 4.79 Å². The summed E-state index contributed by atoms with van der Waals surface area (Å²) in [7, 11) is 0. The van der Waals surface area contributed by atoms with E-state index in [-0.39, 0.29) is 10.6 Å². The average Bonchev–Trinajstić information content (AvgIpc) is 2.30. The summed E-state index contributed by atoms with van der Waals surface area (Å²) in [6.45, 7) is 5.25. The van der Waals surface area contributed by atoms with Crippen LogP contribution < -0.4 is 10.9 Å². The molecule has 0 aromatic carbocycles. The molecule has 0 spiro atoms. The van der Waals surface area contributed by atoms with Gasteiger partial charge in [-0.25, -0.2) is 4.68 Å².